The number of piperazine rings is 1. The molecule has 250 valence electrons. The van der Waals surface area contributed by atoms with Crippen LogP contribution in [0.5, 0.6) is 0 Å². The molecule has 2 atom stereocenters. The van der Waals surface area contributed by atoms with Crippen LogP contribution in [0.25, 0.3) is 5.57 Å². The topological polar surface area (TPSA) is 116 Å². The first-order chi connectivity index (χ1) is 23.1. The smallest absolute Gasteiger partial charge is 0.333 e. The molecule has 0 aliphatic carbocycles. The van der Waals surface area contributed by atoms with Gasteiger partial charge in [-0.2, -0.15) is 18.2 Å². The lowest BCUT2D eigenvalue weighted by atomic mass is 9.92. The minimum atomic E-state index is -3.69. The number of hydrogen-bond donors (Lipinski definition) is 1. The van der Waals surface area contributed by atoms with E-state index in [0.717, 1.165) is 0 Å². The number of amides is 2. The van der Waals surface area contributed by atoms with E-state index in [-0.39, 0.29) is 47.8 Å². The van der Waals surface area contributed by atoms with Gasteiger partial charge in [-0.1, -0.05) is 35.9 Å². The third kappa shape index (κ3) is 6.08. The van der Waals surface area contributed by atoms with E-state index in [1.165, 1.54) is 46.1 Å². The van der Waals surface area contributed by atoms with Crippen LogP contribution in [0.2, 0.25) is 5.02 Å². The van der Waals surface area contributed by atoms with Gasteiger partial charge in [0.2, 0.25) is 10.0 Å². The van der Waals surface area contributed by atoms with Crippen molar-refractivity contribution < 1.29 is 26.4 Å². The molecule has 2 aromatic carbocycles. The molecule has 0 unspecified atom stereocenters. The number of amidine groups is 1. The minimum Gasteiger partial charge on any atom is -0.333 e. The first-order valence-corrected chi connectivity index (χ1v) is 17.7. The van der Waals surface area contributed by atoms with Crippen LogP contribution in [0, 0.1) is 5.82 Å². The van der Waals surface area contributed by atoms with E-state index in [4.69, 9.17) is 16.6 Å². The van der Waals surface area contributed by atoms with Gasteiger partial charge in [0.15, 0.2) is 10.8 Å². The number of rotatable bonds is 7. The highest BCUT2D eigenvalue weighted by Crippen LogP contribution is 2.46. The highest BCUT2D eigenvalue weighted by molar-refractivity contribution is 7.89. The van der Waals surface area contributed by atoms with Crippen molar-refractivity contribution in [3.63, 3.8) is 0 Å². The molecule has 48 heavy (non-hydrogen) atoms. The average molecular weight is 717 g/mol. The normalized spacial score (nSPS) is 20.3. The molecule has 0 spiro atoms. The van der Waals surface area contributed by atoms with E-state index in [1.54, 1.807) is 46.8 Å². The number of nitrogens with zero attached hydrogens (tertiary/aromatic N) is 7. The average Bonchev–Trinajstić information content (AvgIpc) is 3.87. The number of urea groups is 1. The van der Waals surface area contributed by atoms with Gasteiger partial charge in [0.05, 0.1) is 16.6 Å². The summed E-state index contributed by atoms with van der Waals surface area (Å²) < 4.78 is 69.4. The third-order valence-electron chi connectivity index (χ3n) is 8.46. The van der Waals surface area contributed by atoms with Gasteiger partial charge in [-0.3, -0.25) is 4.99 Å². The van der Waals surface area contributed by atoms with Gasteiger partial charge in [-0.05, 0) is 30.3 Å². The summed E-state index contributed by atoms with van der Waals surface area (Å²) in [5.41, 5.74) is 1.88. The largest absolute Gasteiger partial charge is 0.333 e. The zero-order chi connectivity index (χ0) is 33.6. The molecule has 2 aromatic heterocycles. The number of aromatic nitrogens is 3. The monoisotopic (exact) mass is 716 g/mol. The number of carbonyl (C=O) groups is 1. The van der Waals surface area contributed by atoms with Crippen molar-refractivity contribution in [1.29, 1.82) is 0 Å². The molecule has 5 heterocycles. The maximum absolute atomic E-state index is 14.1. The third-order valence-corrected chi connectivity index (χ3v) is 11.5. The van der Waals surface area contributed by atoms with Crippen molar-refractivity contribution in [3.05, 3.63) is 105 Å². The van der Waals surface area contributed by atoms with Gasteiger partial charge in [-0.15, -0.1) is 11.3 Å². The van der Waals surface area contributed by atoms with Gasteiger partial charge >= 0.3 is 12.6 Å². The van der Waals surface area contributed by atoms with Crippen molar-refractivity contribution in [2.45, 2.75) is 29.9 Å². The number of carbonyl (C=O) groups excluding carboxylic acids is 1. The number of alkyl halides is 2. The molecule has 0 saturated carbocycles. The number of hydrogen-bond acceptors (Lipinski definition) is 8. The van der Waals surface area contributed by atoms with Crippen LogP contribution >= 0.6 is 22.9 Å². The molecule has 2 amide bonds. The number of thiazole rings is 1. The minimum absolute atomic E-state index is 0.110. The van der Waals surface area contributed by atoms with Crippen LogP contribution < -0.4 is 5.32 Å². The van der Waals surface area contributed by atoms with Crippen LogP contribution in [0.3, 0.4) is 0 Å². The molecule has 2 fully saturated rings. The van der Waals surface area contributed by atoms with Gasteiger partial charge in [0, 0.05) is 78.8 Å². The van der Waals surface area contributed by atoms with Crippen LogP contribution in [0.4, 0.5) is 18.0 Å². The van der Waals surface area contributed by atoms with E-state index >= 15 is 0 Å². The number of halogens is 4. The lowest BCUT2D eigenvalue weighted by molar-refractivity contribution is 0.0564. The number of fused-ring (bicyclic) bond motifs is 1. The van der Waals surface area contributed by atoms with Crippen molar-refractivity contribution in [2.24, 2.45) is 4.99 Å². The fraction of sp³-hybridized carbons (Fsp3) is 0.290. The Bertz CT molecular complexity index is 2000. The zero-order valence-corrected chi connectivity index (χ0v) is 27.5. The molecule has 17 heteroatoms. The maximum Gasteiger partial charge on any atom is 0.333 e. The zero-order valence-electron chi connectivity index (χ0n) is 25.1. The van der Waals surface area contributed by atoms with E-state index in [0.29, 0.717) is 45.3 Å². The molecule has 7 rings (SSSR count). The second-order valence-electron chi connectivity index (χ2n) is 11.3. The Hall–Kier alpha value is -4.25. The number of sulfonamides is 1. The van der Waals surface area contributed by atoms with Crippen molar-refractivity contribution in [1.82, 2.24) is 34.2 Å². The molecule has 1 N–H and O–H groups in total. The second kappa shape index (κ2) is 13.0. The van der Waals surface area contributed by atoms with Gasteiger partial charge in [0.25, 0.3) is 0 Å². The number of aliphatic imine (C=N–C) groups is 1. The lowest BCUT2D eigenvalue weighted by Crippen LogP contribution is -2.54. The summed E-state index contributed by atoms with van der Waals surface area (Å²) in [5.74, 6) is -0.0393. The molecule has 0 radical (unpaired) electrons. The fourth-order valence-corrected chi connectivity index (χ4v) is 8.54. The molecule has 4 aromatic rings. The summed E-state index contributed by atoms with van der Waals surface area (Å²) in [6.07, 6.45) is 3.11. The van der Waals surface area contributed by atoms with Crippen LogP contribution in [-0.2, 0) is 10.0 Å². The first kappa shape index (κ1) is 32.3. The Morgan fingerprint density at radius 1 is 1.06 bits per heavy atom. The summed E-state index contributed by atoms with van der Waals surface area (Å²) in [5, 5.41) is 9.72. The second-order valence-corrected chi connectivity index (χ2v) is 14.6. The summed E-state index contributed by atoms with van der Waals surface area (Å²) >= 11 is 7.89. The van der Waals surface area contributed by atoms with Crippen LogP contribution in [-0.4, -0.2) is 87.9 Å². The van der Waals surface area contributed by atoms with Crippen molar-refractivity contribution in [2.75, 3.05) is 32.7 Å². The van der Waals surface area contributed by atoms with Gasteiger partial charge in [-0.25, -0.2) is 27.3 Å². The number of benzene rings is 2. The van der Waals surface area contributed by atoms with Crippen molar-refractivity contribution >= 4 is 50.4 Å². The summed E-state index contributed by atoms with van der Waals surface area (Å²) in [6, 6.07) is 12.0. The standard InChI is InChI=1S/C31H28ClF3N8O3S2/c32-23-16-19(33)6-7-22(23)27-26(24-8-10-43(39-24)30(34)35)25-17-20(18-42(25)28(38-27)29-36-9-15-47-29)37-31(44)40-11-13-41(14-12-40)48(45,46)21-4-2-1-3-5-21/h1-10,15-16,20,27,30H,11-14,17-18H2,(H,37,44)/t20-,27-/m0/s1. The Kier molecular flexibility index (Phi) is 8.74. The fourth-order valence-electron chi connectivity index (χ4n) is 6.19. The Morgan fingerprint density at radius 2 is 1.83 bits per heavy atom. The Labute approximate surface area is 283 Å². The van der Waals surface area contributed by atoms with E-state index < -0.39 is 34.5 Å². The summed E-state index contributed by atoms with van der Waals surface area (Å²) in [4.78, 5) is 26.6. The van der Waals surface area contributed by atoms with Gasteiger partial charge in [0.1, 0.15) is 11.9 Å². The van der Waals surface area contributed by atoms with E-state index in [2.05, 4.69) is 15.4 Å². The predicted molar refractivity (Wildman–Crippen MR) is 174 cm³/mol. The highest BCUT2D eigenvalue weighted by Gasteiger charge is 2.42. The molecular weight excluding hydrogens is 689 g/mol. The molecular formula is C31H28ClF3N8O3S2. The Morgan fingerprint density at radius 3 is 2.50 bits per heavy atom. The maximum atomic E-state index is 14.1. The number of nitrogens with one attached hydrogen (secondary N) is 1. The molecule has 2 saturated heterocycles. The van der Waals surface area contributed by atoms with Crippen molar-refractivity contribution in [3.8, 4) is 0 Å². The van der Waals surface area contributed by atoms with Gasteiger partial charge < -0.3 is 15.1 Å². The molecule has 11 nitrogen and oxygen atoms in total. The quantitative estimate of drug-likeness (QED) is 0.280. The van der Waals surface area contributed by atoms with Crippen LogP contribution in [0.15, 0.2) is 88.0 Å². The molecule has 3 aliphatic rings. The van der Waals surface area contributed by atoms with Crippen LogP contribution in [0.1, 0.15) is 35.3 Å². The molecule has 0 bridgehead atoms. The Balaban J connectivity index is 1.17. The predicted octanol–water partition coefficient (Wildman–Crippen LogP) is 5.23. The first-order valence-electron chi connectivity index (χ1n) is 15.0. The summed E-state index contributed by atoms with van der Waals surface area (Å²) in [6.45, 7) is -1.89. The highest BCUT2D eigenvalue weighted by atomic mass is 35.5. The SMILES string of the molecule is O=C(N[C@H]1CC2=C(c3ccn(C(F)F)n3)[C@H](c3ccc(F)cc3Cl)N=C(c3nccs3)N2C1)N1CCN(S(=O)(=O)c2ccccc2)CC1. The summed E-state index contributed by atoms with van der Waals surface area (Å²) in [7, 11) is -3.69. The lowest BCUT2D eigenvalue weighted by Gasteiger charge is -2.34. The van der Waals surface area contributed by atoms with E-state index in [9.17, 15) is 26.4 Å². The van der Waals surface area contributed by atoms with E-state index in [1.807, 2.05) is 4.90 Å². The molecule has 3 aliphatic heterocycles.